The molecule has 5 nitrogen and oxygen atoms in total. The zero-order chi connectivity index (χ0) is 15.3. The van der Waals surface area contributed by atoms with E-state index in [0.29, 0.717) is 23.5 Å². The number of aromatic hydroxyl groups is 1. The Morgan fingerprint density at radius 2 is 1.91 bits per heavy atom. The van der Waals surface area contributed by atoms with Crippen molar-refractivity contribution < 1.29 is 5.11 Å². The first-order valence-electron chi connectivity index (χ1n) is 6.85. The molecule has 0 atom stereocenters. The van der Waals surface area contributed by atoms with Crippen LogP contribution in [-0.4, -0.2) is 14.2 Å². The second kappa shape index (κ2) is 4.37. The lowest BCUT2D eigenvalue weighted by atomic mass is 10.0. The van der Waals surface area contributed by atoms with Crippen LogP contribution >= 0.6 is 0 Å². The molecule has 1 N–H and O–H groups in total. The number of imidazole rings is 1. The third-order valence-electron chi connectivity index (χ3n) is 3.98. The average Bonchev–Trinajstić information content (AvgIpc) is 3.11. The standard InChI is InChI=1S/C17H11N3O2/c18-10-11-7-8-14(13-5-2-1-4-12(11)13)20-16(21)15-6-3-9-19(15)17(20)22/h1-8,21H,9H2. The zero-order valence-corrected chi connectivity index (χ0v) is 11.5. The second-order valence-electron chi connectivity index (χ2n) is 5.13. The minimum atomic E-state index is -0.285. The number of fused-ring (bicyclic) bond motifs is 2. The SMILES string of the molecule is N#Cc1ccc(-n2c(O)c3n(c2=O)CC=C3)c2ccccc12. The quantitative estimate of drug-likeness (QED) is 0.747. The third kappa shape index (κ3) is 1.49. The summed E-state index contributed by atoms with van der Waals surface area (Å²) >= 11 is 0. The molecule has 1 aliphatic rings. The predicted molar refractivity (Wildman–Crippen MR) is 82.9 cm³/mol. The summed E-state index contributed by atoms with van der Waals surface area (Å²) in [5.74, 6) is -0.0754. The van der Waals surface area contributed by atoms with Crippen LogP contribution in [0.25, 0.3) is 22.5 Å². The van der Waals surface area contributed by atoms with Crippen LogP contribution in [0.2, 0.25) is 0 Å². The Hall–Kier alpha value is -3.26. The highest BCUT2D eigenvalue weighted by molar-refractivity contribution is 5.94. The first kappa shape index (κ1) is 12.5. The Labute approximate surface area is 125 Å². The Morgan fingerprint density at radius 1 is 1.14 bits per heavy atom. The lowest BCUT2D eigenvalue weighted by Crippen LogP contribution is -2.22. The number of nitriles is 1. The van der Waals surface area contributed by atoms with Crippen molar-refractivity contribution in [3.05, 3.63) is 64.2 Å². The molecule has 0 amide bonds. The number of allylic oxidation sites excluding steroid dienone is 1. The Kier molecular flexibility index (Phi) is 2.48. The molecule has 1 aliphatic heterocycles. The smallest absolute Gasteiger partial charge is 0.336 e. The highest BCUT2D eigenvalue weighted by Crippen LogP contribution is 2.30. The molecular formula is C17H11N3O2. The highest BCUT2D eigenvalue weighted by Gasteiger charge is 2.22. The fourth-order valence-corrected chi connectivity index (χ4v) is 2.95. The lowest BCUT2D eigenvalue weighted by Gasteiger charge is -2.09. The van der Waals surface area contributed by atoms with Gasteiger partial charge in [-0.25, -0.2) is 9.36 Å². The fraction of sp³-hybridized carbons (Fsp3) is 0.0588. The molecule has 0 spiro atoms. The van der Waals surface area contributed by atoms with Gasteiger partial charge in [-0.3, -0.25) is 4.57 Å². The number of nitrogens with zero attached hydrogens (tertiary/aromatic N) is 3. The molecule has 0 saturated carbocycles. The average molecular weight is 289 g/mol. The second-order valence-corrected chi connectivity index (χ2v) is 5.13. The molecule has 4 rings (SSSR count). The van der Waals surface area contributed by atoms with Crippen LogP contribution < -0.4 is 5.69 Å². The molecule has 0 aliphatic carbocycles. The first-order valence-corrected chi connectivity index (χ1v) is 6.85. The maximum Gasteiger partial charge on any atom is 0.336 e. The van der Waals surface area contributed by atoms with Crippen molar-refractivity contribution >= 4 is 16.8 Å². The van der Waals surface area contributed by atoms with Crippen molar-refractivity contribution in [2.45, 2.75) is 6.54 Å². The van der Waals surface area contributed by atoms with Gasteiger partial charge in [-0.05, 0) is 18.2 Å². The number of benzene rings is 2. The summed E-state index contributed by atoms with van der Waals surface area (Å²) in [5.41, 5.74) is 1.34. The van der Waals surface area contributed by atoms with Gasteiger partial charge in [-0.15, -0.1) is 0 Å². The van der Waals surface area contributed by atoms with Crippen molar-refractivity contribution in [2.75, 3.05) is 0 Å². The van der Waals surface area contributed by atoms with Gasteiger partial charge >= 0.3 is 5.69 Å². The van der Waals surface area contributed by atoms with Crippen LogP contribution in [-0.2, 0) is 6.54 Å². The summed E-state index contributed by atoms with van der Waals surface area (Å²) in [6.45, 7) is 0.461. The molecule has 2 aromatic carbocycles. The molecule has 0 saturated heterocycles. The van der Waals surface area contributed by atoms with E-state index < -0.39 is 0 Å². The fourth-order valence-electron chi connectivity index (χ4n) is 2.95. The lowest BCUT2D eigenvalue weighted by molar-refractivity contribution is 0.440. The van der Waals surface area contributed by atoms with Crippen molar-refractivity contribution in [1.82, 2.24) is 9.13 Å². The van der Waals surface area contributed by atoms with Gasteiger partial charge in [0.1, 0.15) is 5.69 Å². The number of aromatic nitrogens is 2. The summed E-state index contributed by atoms with van der Waals surface area (Å²) in [6, 6.07) is 12.9. The molecule has 1 aromatic heterocycles. The van der Waals surface area contributed by atoms with E-state index in [1.54, 1.807) is 18.2 Å². The minimum Gasteiger partial charge on any atom is -0.493 e. The number of rotatable bonds is 1. The molecule has 0 bridgehead atoms. The minimum absolute atomic E-state index is 0.0754. The van der Waals surface area contributed by atoms with Crippen molar-refractivity contribution in [3.8, 4) is 17.6 Å². The Bertz CT molecular complexity index is 1050. The van der Waals surface area contributed by atoms with E-state index >= 15 is 0 Å². The molecule has 3 aromatic rings. The van der Waals surface area contributed by atoms with Gasteiger partial charge in [0, 0.05) is 17.3 Å². The van der Waals surface area contributed by atoms with Crippen LogP contribution in [0, 0.1) is 11.3 Å². The molecule has 0 fully saturated rings. The van der Waals surface area contributed by atoms with Gasteiger partial charge in [0.25, 0.3) is 0 Å². The van der Waals surface area contributed by atoms with Gasteiger partial charge < -0.3 is 5.11 Å². The third-order valence-corrected chi connectivity index (χ3v) is 3.98. The number of hydrogen-bond acceptors (Lipinski definition) is 3. The monoisotopic (exact) mass is 289 g/mol. The van der Waals surface area contributed by atoms with Crippen LogP contribution in [0.1, 0.15) is 11.3 Å². The first-order chi connectivity index (χ1) is 10.7. The molecular weight excluding hydrogens is 278 g/mol. The van der Waals surface area contributed by atoms with Crippen molar-refractivity contribution in [2.24, 2.45) is 0 Å². The van der Waals surface area contributed by atoms with E-state index in [9.17, 15) is 15.2 Å². The van der Waals surface area contributed by atoms with E-state index in [1.165, 1.54) is 9.13 Å². The van der Waals surface area contributed by atoms with Gasteiger partial charge in [-0.1, -0.05) is 30.3 Å². The van der Waals surface area contributed by atoms with Crippen LogP contribution in [0.4, 0.5) is 0 Å². The number of hydrogen-bond donors (Lipinski definition) is 1. The molecule has 0 unspecified atom stereocenters. The van der Waals surface area contributed by atoms with Gasteiger partial charge in [0.2, 0.25) is 5.88 Å². The Balaban J connectivity index is 2.12. The van der Waals surface area contributed by atoms with Gasteiger partial charge in [0.15, 0.2) is 0 Å². The molecule has 106 valence electrons. The van der Waals surface area contributed by atoms with Gasteiger partial charge in [0.05, 0.1) is 17.3 Å². The maximum atomic E-state index is 12.5. The van der Waals surface area contributed by atoms with Gasteiger partial charge in [-0.2, -0.15) is 5.26 Å². The maximum absolute atomic E-state index is 12.5. The van der Waals surface area contributed by atoms with Crippen LogP contribution in [0.5, 0.6) is 5.88 Å². The van der Waals surface area contributed by atoms with Crippen LogP contribution in [0.15, 0.2) is 47.3 Å². The van der Waals surface area contributed by atoms with Crippen molar-refractivity contribution in [1.29, 1.82) is 5.26 Å². The van der Waals surface area contributed by atoms with E-state index in [-0.39, 0.29) is 11.6 Å². The molecule has 2 heterocycles. The molecule has 22 heavy (non-hydrogen) atoms. The highest BCUT2D eigenvalue weighted by atomic mass is 16.3. The van der Waals surface area contributed by atoms with E-state index in [0.717, 1.165) is 10.8 Å². The van der Waals surface area contributed by atoms with Crippen LogP contribution in [0.3, 0.4) is 0 Å². The van der Waals surface area contributed by atoms with Crippen molar-refractivity contribution in [3.63, 3.8) is 0 Å². The topological polar surface area (TPSA) is 71.0 Å². The summed E-state index contributed by atoms with van der Waals surface area (Å²) in [5, 5.41) is 21.1. The molecule has 0 radical (unpaired) electrons. The molecule has 5 heteroatoms. The van der Waals surface area contributed by atoms with E-state index in [2.05, 4.69) is 6.07 Å². The predicted octanol–water partition coefficient (Wildman–Crippen LogP) is 2.40. The summed E-state index contributed by atoms with van der Waals surface area (Å²) in [7, 11) is 0. The van der Waals surface area contributed by atoms with E-state index in [1.807, 2.05) is 30.3 Å². The summed E-state index contributed by atoms with van der Waals surface area (Å²) < 4.78 is 2.81. The largest absolute Gasteiger partial charge is 0.493 e. The normalized spacial score (nSPS) is 12.5. The van der Waals surface area contributed by atoms with E-state index in [4.69, 9.17) is 0 Å². The zero-order valence-electron chi connectivity index (χ0n) is 11.5. The summed E-state index contributed by atoms with van der Waals surface area (Å²) in [4.78, 5) is 12.5. The Morgan fingerprint density at radius 3 is 2.64 bits per heavy atom. The summed E-state index contributed by atoms with van der Waals surface area (Å²) in [6.07, 6.45) is 3.57.